The maximum absolute atomic E-state index is 11.7. The number of hydrogen-bond donors (Lipinski definition) is 4. The van der Waals surface area contributed by atoms with E-state index in [0.29, 0.717) is 11.3 Å². The van der Waals surface area contributed by atoms with Gasteiger partial charge in [0, 0.05) is 11.3 Å². The Kier molecular flexibility index (Phi) is 2.90. The highest BCUT2D eigenvalue weighted by Gasteiger charge is 2.47. The van der Waals surface area contributed by atoms with Crippen LogP contribution in [0.1, 0.15) is 23.1 Å². The van der Waals surface area contributed by atoms with Crippen LogP contribution in [0.25, 0.3) is 0 Å². The fraction of sp³-hybridized carbons (Fsp3) is 0.235. The summed E-state index contributed by atoms with van der Waals surface area (Å²) in [6.45, 7) is 3.96. The molecule has 7 nitrogen and oxygen atoms in total. The van der Waals surface area contributed by atoms with Gasteiger partial charge >= 0.3 is 12.1 Å². The third-order valence-electron chi connectivity index (χ3n) is 4.58. The predicted octanol–water partition coefficient (Wildman–Crippen LogP) is 0.214. The van der Waals surface area contributed by atoms with E-state index in [1.807, 2.05) is 18.2 Å². The Hall–Kier alpha value is -3.27. The molecule has 2 fully saturated rings. The molecule has 5 amide bonds. The molecule has 2 saturated heterocycles. The monoisotopic (exact) mass is 322 g/mol. The van der Waals surface area contributed by atoms with Crippen LogP contribution < -0.4 is 21.3 Å². The molecule has 2 atom stereocenters. The molecule has 24 heavy (non-hydrogen) atoms. The molecule has 2 heterocycles. The van der Waals surface area contributed by atoms with Crippen molar-refractivity contribution < 1.29 is 14.4 Å². The Morgan fingerprint density at radius 3 is 2.67 bits per heavy atom. The topological polar surface area (TPSA) is 99.3 Å². The third kappa shape index (κ3) is 2.04. The Morgan fingerprint density at radius 1 is 1.17 bits per heavy atom. The van der Waals surface area contributed by atoms with Gasteiger partial charge in [0.15, 0.2) is 6.04 Å². The third-order valence-corrected chi connectivity index (χ3v) is 4.58. The van der Waals surface area contributed by atoms with Gasteiger partial charge < -0.3 is 16.0 Å². The van der Waals surface area contributed by atoms with Crippen LogP contribution in [0, 0.1) is 11.8 Å². The molecule has 1 aromatic rings. The van der Waals surface area contributed by atoms with Gasteiger partial charge in [-0.1, -0.05) is 24.5 Å². The quantitative estimate of drug-likeness (QED) is 0.406. The molecule has 4 N–H and O–H groups in total. The molecule has 0 radical (unpaired) electrons. The molecule has 120 valence electrons. The minimum Gasteiger partial charge on any atom is -0.323 e. The molecule has 7 heteroatoms. The van der Waals surface area contributed by atoms with Gasteiger partial charge in [-0.2, -0.15) is 0 Å². The number of rotatable bonds is 0. The van der Waals surface area contributed by atoms with Gasteiger partial charge in [-0.05, 0) is 36.1 Å². The summed E-state index contributed by atoms with van der Waals surface area (Å²) in [6, 6.07) is 4.11. The highest BCUT2D eigenvalue weighted by Crippen LogP contribution is 2.43. The second-order valence-electron chi connectivity index (χ2n) is 6.00. The highest BCUT2D eigenvalue weighted by atomic mass is 16.2. The number of amides is 5. The van der Waals surface area contributed by atoms with Gasteiger partial charge in [-0.3, -0.25) is 10.1 Å². The molecule has 0 bridgehead atoms. The zero-order chi connectivity index (χ0) is 16.9. The molecule has 1 aromatic carbocycles. The number of carbonyl (C=O) groups is 3. The lowest BCUT2D eigenvalue weighted by molar-refractivity contribution is -0.119. The molecule has 0 aromatic heterocycles. The molecule has 0 saturated carbocycles. The summed E-state index contributed by atoms with van der Waals surface area (Å²) in [6.07, 6.45) is 1.59. The van der Waals surface area contributed by atoms with Crippen molar-refractivity contribution in [1.29, 1.82) is 0 Å². The standard InChI is InChI=1S/C17H14N4O3/c1-9-17(21-16(24)18-9)7-6-11-4-2-10(8-12(11)17)3-5-13-14(22)20-15(23)19-13/h2,4,8,13H,1,6-7H2,(H2,18,21,24)(H2,19,20,22,23). The number of benzene rings is 1. The fourth-order valence-corrected chi connectivity index (χ4v) is 3.39. The summed E-state index contributed by atoms with van der Waals surface area (Å²) in [5.74, 6) is 5.21. The number of carbonyl (C=O) groups excluding carboxylic acids is 3. The van der Waals surface area contributed by atoms with Gasteiger partial charge in [0.2, 0.25) is 0 Å². The maximum atomic E-state index is 11.7. The van der Waals surface area contributed by atoms with E-state index in [4.69, 9.17) is 0 Å². The Bertz CT molecular complexity index is 880. The minimum atomic E-state index is -0.845. The Labute approximate surface area is 137 Å². The lowest BCUT2D eigenvalue weighted by Crippen LogP contribution is -2.37. The summed E-state index contributed by atoms with van der Waals surface area (Å²) in [7, 11) is 0. The van der Waals surface area contributed by atoms with Crippen molar-refractivity contribution in [3.8, 4) is 11.8 Å². The predicted molar refractivity (Wildman–Crippen MR) is 84.6 cm³/mol. The van der Waals surface area contributed by atoms with Crippen LogP contribution in [0.3, 0.4) is 0 Å². The van der Waals surface area contributed by atoms with E-state index in [1.165, 1.54) is 0 Å². The largest absolute Gasteiger partial charge is 0.323 e. The van der Waals surface area contributed by atoms with E-state index in [2.05, 4.69) is 39.7 Å². The van der Waals surface area contributed by atoms with Crippen LogP contribution in [0.15, 0.2) is 30.5 Å². The number of hydrogen-bond acceptors (Lipinski definition) is 3. The smallest absolute Gasteiger partial charge is 0.322 e. The van der Waals surface area contributed by atoms with Gasteiger partial charge in [0.1, 0.15) is 5.54 Å². The molecular formula is C17H14N4O3. The van der Waals surface area contributed by atoms with E-state index < -0.39 is 23.5 Å². The van der Waals surface area contributed by atoms with Gasteiger partial charge in [0.05, 0.1) is 0 Å². The molecule has 3 aliphatic rings. The molecular weight excluding hydrogens is 308 g/mol. The van der Waals surface area contributed by atoms with Crippen LogP contribution in [0.2, 0.25) is 0 Å². The lowest BCUT2D eigenvalue weighted by Gasteiger charge is -2.24. The lowest BCUT2D eigenvalue weighted by atomic mass is 9.89. The van der Waals surface area contributed by atoms with E-state index >= 15 is 0 Å². The number of nitrogens with one attached hydrogen (secondary N) is 4. The SMILES string of the molecule is C=C1NC(=O)NC12CCc1ccc(C#CC3NC(=O)NC3=O)cc12. The van der Waals surface area contributed by atoms with Crippen molar-refractivity contribution in [2.24, 2.45) is 0 Å². The van der Waals surface area contributed by atoms with Crippen LogP contribution in [0.4, 0.5) is 9.59 Å². The first kappa shape index (κ1) is 14.3. The average Bonchev–Trinajstić information content (AvgIpc) is 3.15. The minimum absolute atomic E-state index is 0.255. The van der Waals surface area contributed by atoms with E-state index in [1.54, 1.807) is 0 Å². The normalized spacial score (nSPS) is 27.1. The van der Waals surface area contributed by atoms with Crippen molar-refractivity contribution in [1.82, 2.24) is 21.3 Å². The number of fused-ring (bicyclic) bond motifs is 2. The summed E-state index contributed by atoms with van der Waals surface area (Å²) in [4.78, 5) is 34.3. The zero-order valence-corrected chi connectivity index (χ0v) is 12.7. The number of urea groups is 2. The zero-order valence-electron chi connectivity index (χ0n) is 12.7. The average molecular weight is 322 g/mol. The van der Waals surface area contributed by atoms with Crippen LogP contribution in [-0.4, -0.2) is 24.0 Å². The fourth-order valence-electron chi connectivity index (χ4n) is 3.39. The molecule has 1 spiro atoms. The van der Waals surface area contributed by atoms with E-state index in [9.17, 15) is 14.4 Å². The summed E-state index contributed by atoms with van der Waals surface area (Å²) >= 11 is 0. The highest BCUT2D eigenvalue weighted by molar-refractivity contribution is 6.05. The van der Waals surface area contributed by atoms with Gasteiger partial charge in [0.25, 0.3) is 5.91 Å². The number of aryl methyl sites for hydroxylation is 1. The first-order chi connectivity index (χ1) is 11.5. The van der Waals surface area contributed by atoms with Crippen molar-refractivity contribution >= 4 is 18.0 Å². The molecule has 2 unspecified atom stereocenters. The molecule has 4 rings (SSSR count). The van der Waals surface area contributed by atoms with Gasteiger partial charge in [-0.25, -0.2) is 9.59 Å². The van der Waals surface area contributed by atoms with Crippen LogP contribution in [-0.2, 0) is 16.8 Å². The maximum Gasteiger partial charge on any atom is 0.322 e. The van der Waals surface area contributed by atoms with E-state index in [0.717, 1.165) is 24.0 Å². The van der Waals surface area contributed by atoms with Crippen molar-refractivity contribution in [3.05, 3.63) is 47.2 Å². The summed E-state index contributed by atoms with van der Waals surface area (Å²) < 4.78 is 0. The summed E-state index contributed by atoms with van der Waals surface area (Å²) in [5, 5.41) is 10.2. The van der Waals surface area contributed by atoms with Gasteiger partial charge in [-0.15, -0.1) is 0 Å². The van der Waals surface area contributed by atoms with E-state index in [-0.39, 0.29) is 6.03 Å². The first-order valence-corrected chi connectivity index (χ1v) is 7.53. The van der Waals surface area contributed by atoms with Crippen molar-refractivity contribution in [2.75, 3.05) is 0 Å². The van der Waals surface area contributed by atoms with Crippen molar-refractivity contribution in [2.45, 2.75) is 24.4 Å². The summed E-state index contributed by atoms with van der Waals surface area (Å²) in [5.41, 5.74) is 2.86. The number of imide groups is 1. The molecule has 2 aliphatic heterocycles. The Balaban J connectivity index is 1.67. The van der Waals surface area contributed by atoms with Crippen molar-refractivity contribution in [3.63, 3.8) is 0 Å². The Morgan fingerprint density at radius 2 is 2.00 bits per heavy atom. The van der Waals surface area contributed by atoms with Crippen LogP contribution >= 0.6 is 0 Å². The molecule has 1 aliphatic carbocycles. The second kappa shape index (κ2) is 4.86. The first-order valence-electron chi connectivity index (χ1n) is 7.53. The second-order valence-corrected chi connectivity index (χ2v) is 6.00. The van der Waals surface area contributed by atoms with Crippen LogP contribution in [0.5, 0.6) is 0 Å².